The maximum absolute atomic E-state index is 14.3. The number of benzene rings is 2. The van der Waals surface area contributed by atoms with Crippen molar-refractivity contribution in [1.82, 2.24) is 14.7 Å². The predicted molar refractivity (Wildman–Crippen MR) is 181 cm³/mol. The Hall–Kier alpha value is -3.74. The van der Waals surface area contributed by atoms with Crippen LogP contribution in [-0.2, 0) is 9.53 Å². The van der Waals surface area contributed by atoms with Crippen LogP contribution in [0.3, 0.4) is 0 Å². The maximum atomic E-state index is 14.3. The summed E-state index contributed by atoms with van der Waals surface area (Å²) in [4.78, 5) is 45.1. The Morgan fingerprint density at radius 2 is 1.77 bits per heavy atom. The van der Waals surface area contributed by atoms with E-state index < -0.39 is 18.0 Å². The van der Waals surface area contributed by atoms with E-state index in [9.17, 15) is 23.9 Å². The minimum atomic E-state index is -0.535. The zero-order valence-corrected chi connectivity index (χ0v) is 28.6. The van der Waals surface area contributed by atoms with Crippen LogP contribution in [-0.4, -0.2) is 110 Å². The highest BCUT2D eigenvalue weighted by molar-refractivity contribution is 5.99. The molecule has 0 unspecified atom stereocenters. The number of aliphatic hydroxyl groups is 1. The molecule has 12 heteroatoms. The Labute approximate surface area is 278 Å². The first-order valence-corrected chi connectivity index (χ1v) is 16.4. The van der Waals surface area contributed by atoms with Crippen LogP contribution in [0.1, 0.15) is 63.2 Å². The lowest BCUT2D eigenvalue weighted by molar-refractivity contribution is -0.116. The summed E-state index contributed by atoms with van der Waals surface area (Å²) in [6.07, 6.45) is 2.79. The number of carbonyl (C=O) groups is 3. The molecule has 260 valence electrons. The number of hydrogen-bond donors (Lipinski definition) is 3. The van der Waals surface area contributed by atoms with Crippen LogP contribution in [0.15, 0.2) is 42.5 Å². The average molecular weight is 658 g/mol. The summed E-state index contributed by atoms with van der Waals surface area (Å²) in [6, 6.07) is 9.73. The van der Waals surface area contributed by atoms with E-state index in [1.54, 1.807) is 37.1 Å². The SMILES string of the molecule is C[C@H]1CCCCO[C@H](CN(C)C(=O)Nc2ccc(F)cc2)[C@@H](C)CN([C@@H](C)CO)C(=O)c2cc(NC(=O)CCCN(C)C)ccc2O1. The molecule has 1 heterocycles. The number of rotatable bonds is 10. The summed E-state index contributed by atoms with van der Waals surface area (Å²) in [5, 5.41) is 15.9. The number of carbonyl (C=O) groups excluding carboxylic acids is 3. The van der Waals surface area contributed by atoms with Gasteiger partial charge in [0.25, 0.3) is 5.91 Å². The molecule has 0 saturated carbocycles. The number of amides is 4. The fourth-order valence-electron chi connectivity index (χ4n) is 5.35. The van der Waals surface area contributed by atoms with Crippen molar-refractivity contribution in [2.75, 3.05) is 64.6 Å². The van der Waals surface area contributed by atoms with Crippen LogP contribution in [0.2, 0.25) is 0 Å². The third-order valence-corrected chi connectivity index (χ3v) is 8.24. The van der Waals surface area contributed by atoms with Crippen molar-refractivity contribution in [1.29, 1.82) is 0 Å². The van der Waals surface area contributed by atoms with Crippen molar-refractivity contribution < 1.29 is 33.4 Å². The van der Waals surface area contributed by atoms with Crippen LogP contribution >= 0.6 is 0 Å². The van der Waals surface area contributed by atoms with E-state index in [1.165, 1.54) is 29.2 Å². The highest BCUT2D eigenvalue weighted by Crippen LogP contribution is 2.28. The van der Waals surface area contributed by atoms with E-state index in [0.29, 0.717) is 42.1 Å². The van der Waals surface area contributed by atoms with Crippen molar-refractivity contribution in [2.24, 2.45) is 5.92 Å². The first kappa shape index (κ1) is 37.7. The van der Waals surface area contributed by atoms with Gasteiger partial charge in [-0.2, -0.15) is 0 Å². The third kappa shape index (κ3) is 12.1. The Balaban J connectivity index is 1.86. The molecule has 47 heavy (non-hydrogen) atoms. The van der Waals surface area contributed by atoms with Crippen molar-refractivity contribution >= 4 is 29.2 Å². The average Bonchev–Trinajstić information content (AvgIpc) is 3.03. The van der Waals surface area contributed by atoms with Gasteiger partial charge in [-0.05, 0) is 103 Å². The standard InChI is InChI=1S/C35H52FN5O6/c1-24-21-41(25(2)23-42)34(44)30-20-29(37-33(43)11-9-18-39(4)5)16-17-31(30)47-26(3)10-7-8-19-46-32(24)22-40(6)35(45)38-28-14-12-27(36)13-15-28/h12-17,20,24-26,32,42H,7-11,18-19,21-23H2,1-6H3,(H,37,43)(H,38,45)/t24-,25-,26-,32+/m0/s1. The molecule has 0 fully saturated rings. The second-order valence-electron chi connectivity index (χ2n) is 12.8. The van der Waals surface area contributed by atoms with Crippen LogP contribution in [0.5, 0.6) is 5.75 Å². The maximum Gasteiger partial charge on any atom is 0.321 e. The molecular formula is C35H52FN5O6. The molecule has 0 saturated heterocycles. The van der Waals surface area contributed by atoms with E-state index in [-0.39, 0.29) is 49.6 Å². The van der Waals surface area contributed by atoms with Crippen molar-refractivity contribution in [3.8, 4) is 5.75 Å². The second-order valence-corrected chi connectivity index (χ2v) is 12.8. The number of nitrogens with one attached hydrogen (secondary N) is 2. The minimum absolute atomic E-state index is 0.142. The molecule has 1 aliphatic rings. The number of ether oxygens (including phenoxy) is 2. The van der Waals surface area contributed by atoms with Crippen molar-refractivity contribution in [2.45, 2.75) is 71.1 Å². The number of urea groups is 1. The lowest BCUT2D eigenvalue weighted by Crippen LogP contribution is -2.48. The second kappa shape index (κ2) is 18.6. The van der Waals surface area contributed by atoms with Gasteiger partial charge < -0.3 is 39.9 Å². The zero-order valence-electron chi connectivity index (χ0n) is 28.6. The summed E-state index contributed by atoms with van der Waals surface area (Å²) in [5.41, 5.74) is 1.25. The minimum Gasteiger partial charge on any atom is -0.490 e. The summed E-state index contributed by atoms with van der Waals surface area (Å²) in [5.74, 6) is -0.703. The topological polar surface area (TPSA) is 124 Å². The van der Waals surface area contributed by atoms with Gasteiger partial charge in [0.15, 0.2) is 0 Å². The van der Waals surface area contributed by atoms with Gasteiger partial charge in [-0.15, -0.1) is 0 Å². The smallest absolute Gasteiger partial charge is 0.321 e. The summed E-state index contributed by atoms with van der Waals surface area (Å²) in [6.45, 7) is 7.13. The Morgan fingerprint density at radius 3 is 2.45 bits per heavy atom. The normalized spacial score (nSPS) is 20.1. The molecule has 4 amide bonds. The molecule has 4 atom stereocenters. The Bertz CT molecular complexity index is 1310. The van der Waals surface area contributed by atoms with Crippen LogP contribution in [0, 0.1) is 11.7 Å². The molecule has 2 aromatic carbocycles. The fourth-order valence-corrected chi connectivity index (χ4v) is 5.35. The van der Waals surface area contributed by atoms with E-state index in [4.69, 9.17) is 9.47 Å². The van der Waals surface area contributed by atoms with Gasteiger partial charge in [-0.1, -0.05) is 6.92 Å². The van der Waals surface area contributed by atoms with Crippen molar-refractivity contribution in [3.05, 3.63) is 53.8 Å². The number of hydrogen-bond acceptors (Lipinski definition) is 7. The first-order chi connectivity index (χ1) is 22.4. The predicted octanol–water partition coefficient (Wildman–Crippen LogP) is 5.07. The van der Waals surface area contributed by atoms with Crippen LogP contribution in [0.25, 0.3) is 0 Å². The highest BCUT2D eigenvalue weighted by atomic mass is 19.1. The van der Waals surface area contributed by atoms with Gasteiger partial charge in [0, 0.05) is 50.5 Å². The Kier molecular flexibility index (Phi) is 14.9. The van der Waals surface area contributed by atoms with Crippen molar-refractivity contribution in [3.63, 3.8) is 0 Å². The Morgan fingerprint density at radius 1 is 1.06 bits per heavy atom. The van der Waals surface area contributed by atoms with Gasteiger partial charge >= 0.3 is 6.03 Å². The monoisotopic (exact) mass is 657 g/mol. The fraction of sp³-hybridized carbons (Fsp3) is 0.571. The van der Waals surface area contributed by atoms with E-state index in [0.717, 1.165) is 25.8 Å². The van der Waals surface area contributed by atoms with Gasteiger partial charge in [0.1, 0.15) is 11.6 Å². The summed E-state index contributed by atoms with van der Waals surface area (Å²) in [7, 11) is 5.57. The molecule has 3 N–H and O–H groups in total. The molecule has 0 aliphatic carbocycles. The molecule has 2 aromatic rings. The van der Waals surface area contributed by atoms with E-state index in [2.05, 4.69) is 10.6 Å². The zero-order chi connectivity index (χ0) is 34.5. The number of aliphatic hydroxyl groups excluding tert-OH is 1. The summed E-state index contributed by atoms with van der Waals surface area (Å²) >= 11 is 0. The first-order valence-electron chi connectivity index (χ1n) is 16.4. The molecule has 3 rings (SSSR count). The molecule has 0 bridgehead atoms. The highest BCUT2D eigenvalue weighted by Gasteiger charge is 2.31. The number of fused-ring (bicyclic) bond motifs is 1. The molecule has 0 radical (unpaired) electrons. The molecule has 0 aromatic heterocycles. The van der Waals surface area contributed by atoms with E-state index >= 15 is 0 Å². The van der Waals surface area contributed by atoms with E-state index in [1.807, 2.05) is 32.8 Å². The molecule has 11 nitrogen and oxygen atoms in total. The number of likely N-dealkylation sites (N-methyl/N-ethyl adjacent to an activating group) is 1. The van der Waals surface area contributed by atoms with Gasteiger partial charge in [-0.25, -0.2) is 9.18 Å². The quantitative estimate of drug-likeness (QED) is 0.326. The number of anilines is 2. The van der Waals surface area contributed by atoms with Gasteiger partial charge in [0.05, 0.1) is 30.4 Å². The van der Waals surface area contributed by atoms with Crippen LogP contribution in [0.4, 0.5) is 20.6 Å². The molecular weight excluding hydrogens is 605 g/mol. The lowest BCUT2D eigenvalue weighted by atomic mass is 10.0. The lowest BCUT2D eigenvalue weighted by Gasteiger charge is -2.35. The summed E-state index contributed by atoms with van der Waals surface area (Å²) < 4.78 is 25.9. The molecule has 1 aliphatic heterocycles. The van der Waals surface area contributed by atoms with Crippen LogP contribution < -0.4 is 15.4 Å². The number of nitrogens with zero attached hydrogens (tertiary/aromatic N) is 3. The van der Waals surface area contributed by atoms with Gasteiger partial charge in [0.2, 0.25) is 5.91 Å². The third-order valence-electron chi connectivity index (χ3n) is 8.24. The van der Waals surface area contributed by atoms with Gasteiger partial charge in [-0.3, -0.25) is 9.59 Å². The largest absolute Gasteiger partial charge is 0.490 e. The number of halogens is 1. The molecule has 0 spiro atoms.